The quantitative estimate of drug-likeness (QED) is 0.128. The number of hydrogen-bond donors (Lipinski definition) is 5. The largest absolute Gasteiger partial charge is 0.367 e. The maximum absolute atomic E-state index is 13.1. The normalized spacial score (nSPS) is 17.0. The van der Waals surface area contributed by atoms with Gasteiger partial charge >= 0.3 is 0 Å². The van der Waals surface area contributed by atoms with Gasteiger partial charge in [0, 0.05) is 37.1 Å². The van der Waals surface area contributed by atoms with Crippen molar-refractivity contribution in [1.29, 1.82) is 0 Å². The van der Waals surface area contributed by atoms with Gasteiger partial charge in [-0.05, 0) is 89.7 Å². The number of nitrogens with one attached hydrogen (secondary N) is 5. The summed E-state index contributed by atoms with van der Waals surface area (Å²) in [5.74, 6) is 2.05. The lowest BCUT2D eigenvalue weighted by Gasteiger charge is -2.35. The van der Waals surface area contributed by atoms with E-state index in [2.05, 4.69) is 56.8 Å². The van der Waals surface area contributed by atoms with Gasteiger partial charge in [0.05, 0.1) is 24.3 Å². The Kier molecular flexibility index (Phi) is 13.6. The first kappa shape index (κ1) is 35.0. The van der Waals surface area contributed by atoms with Gasteiger partial charge in [0.1, 0.15) is 11.5 Å². The highest BCUT2D eigenvalue weighted by Gasteiger charge is 2.28. The molecule has 0 radical (unpaired) electrons. The molecule has 1 saturated carbocycles. The van der Waals surface area contributed by atoms with Crippen LogP contribution < -0.4 is 26.6 Å². The van der Waals surface area contributed by atoms with Crippen molar-refractivity contribution in [1.82, 2.24) is 45.8 Å². The monoisotopic (exact) mass is 647 g/mol. The molecule has 2 aliphatic rings. The summed E-state index contributed by atoms with van der Waals surface area (Å²) >= 11 is 0. The Hall–Kier alpha value is -3.35. The molecule has 0 unspecified atom stereocenters. The Morgan fingerprint density at radius 2 is 1.74 bits per heavy atom. The minimum Gasteiger partial charge on any atom is -0.367 e. The number of rotatable bonds is 18. The number of likely N-dealkylation sites (N-methyl/N-ethyl adjacent to an activating group) is 1. The summed E-state index contributed by atoms with van der Waals surface area (Å²) in [6, 6.07) is 8.93. The van der Waals surface area contributed by atoms with Crippen LogP contribution in [0.4, 0.5) is 11.8 Å². The Balaban J connectivity index is 1.05. The van der Waals surface area contributed by atoms with E-state index in [9.17, 15) is 4.79 Å². The van der Waals surface area contributed by atoms with Gasteiger partial charge in [-0.2, -0.15) is 4.98 Å². The molecule has 0 bridgehead atoms. The molecule has 12 heteroatoms. The average Bonchev–Trinajstić information content (AvgIpc) is 3.55. The molecule has 258 valence electrons. The molecule has 3 aromatic rings. The van der Waals surface area contributed by atoms with Crippen LogP contribution in [0.25, 0.3) is 10.9 Å². The van der Waals surface area contributed by atoms with E-state index in [0.29, 0.717) is 18.4 Å². The van der Waals surface area contributed by atoms with Crippen molar-refractivity contribution in [2.24, 2.45) is 5.92 Å². The lowest BCUT2D eigenvalue weighted by molar-refractivity contribution is -0.134. The van der Waals surface area contributed by atoms with E-state index in [4.69, 9.17) is 9.97 Å². The lowest BCUT2D eigenvalue weighted by atomic mass is 9.95. The zero-order valence-electron chi connectivity index (χ0n) is 28.8. The first-order valence-corrected chi connectivity index (χ1v) is 18.0. The van der Waals surface area contributed by atoms with Crippen LogP contribution in [0.1, 0.15) is 83.7 Å². The van der Waals surface area contributed by atoms with Gasteiger partial charge in [0.15, 0.2) is 0 Å². The molecule has 3 heterocycles. The Morgan fingerprint density at radius 3 is 2.53 bits per heavy atom. The molecule has 1 aliphatic carbocycles. The second kappa shape index (κ2) is 18.3. The van der Waals surface area contributed by atoms with Gasteiger partial charge in [-0.1, -0.05) is 50.5 Å². The fourth-order valence-corrected chi connectivity index (χ4v) is 6.75. The van der Waals surface area contributed by atoms with E-state index in [1.165, 1.54) is 38.5 Å². The number of amides is 1. The number of nitrogens with zero attached hydrogens (tertiary/aromatic N) is 6. The van der Waals surface area contributed by atoms with Crippen molar-refractivity contribution in [3.8, 4) is 0 Å². The summed E-state index contributed by atoms with van der Waals surface area (Å²) in [5, 5.41) is 27.2. The minimum absolute atomic E-state index is 0.120. The summed E-state index contributed by atoms with van der Waals surface area (Å²) in [6.07, 6.45) is 13.6. The van der Waals surface area contributed by atoms with E-state index in [1.807, 2.05) is 41.0 Å². The molecule has 0 spiro atoms. The highest BCUT2D eigenvalue weighted by atomic mass is 16.2. The van der Waals surface area contributed by atoms with Gasteiger partial charge < -0.3 is 31.5 Å². The zero-order valence-corrected chi connectivity index (χ0v) is 28.8. The number of anilines is 2. The van der Waals surface area contributed by atoms with Crippen LogP contribution in [0.3, 0.4) is 0 Å². The molecule has 1 saturated heterocycles. The first-order chi connectivity index (χ1) is 23.0. The number of aryl methyl sites for hydroxylation is 1. The predicted octanol–water partition coefficient (Wildman–Crippen LogP) is 4.16. The van der Waals surface area contributed by atoms with Crippen molar-refractivity contribution in [3.63, 3.8) is 0 Å². The van der Waals surface area contributed by atoms with Crippen LogP contribution >= 0.6 is 0 Å². The van der Waals surface area contributed by atoms with Crippen molar-refractivity contribution in [3.05, 3.63) is 36.2 Å². The number of fused-ring (bicyclic) bond motifs is 1. The Labute approximate surface area is 280 Å². The molecule has 1 amide bonds. The Bertz CT molecular complexity index is 1360. The molecule has 5 N–H and O–H groups in total. The standard InChI is InChI=1S/C35H57N11O/c1-26(2)23-32(36-3)34(47)45-21-15-28(16-22-45)40-33-30-13-7-8-14-31(30)41-35(42-33)39-24-29-25-46(44-43-29)20-10-18-37-17-9-19-38-27-11-5-4-6-12-27/h7-8,13-14,25-28,32,36-38H,4-6,9-12,15-24H2,1-3H3,(H2,39,40,41,42)/t32-/m1/s1. The predicted molar refractivity (Wildman–Crippen MR) is 189 cm³/mol. The van der Waals surface area contributed by atoms with Crippen molar-refractivity contribution in [2.75, 3.05) is 50.4 Å². The number of hydrogen-bond acceptors (Lipinski definition) is 10. The molecule has 2 fully saturated rings. The fraction of sp³-hybridized carbons (Fsp3) is 0.686. The highest BCUT2D eigenvalue weighted by Crippen LogP contribution is 2.25. The van der Waals surface area contributed by atoms with Crippen LogP contribution in [0, 0.1) is 5.92 Å². The number of piperidine rings is 1. The highest BCUT2D eigenvalue weighted by molar-refractivity contribution is 5.90. The van der Waals surface area contributed by atoms with Gasteiger partial charge in [-0.25, -0.2) is 4.98 Å². The van der Waals surface area contributed by atoms with Crippen LogP contribution in [0.5, 0.6) is 0 Å². The van der Waals surface area contributed by atoms with E-state index in [-0.39, 0.29) is 18.0 Å². The summed E-state index contributed by atoms with van der Waals surface area (Å²) in [4.78, 5) is 24.7. The molecule has 47 heavy (non-hydrogen) atoms. The third-order valence-corrected chi connectivity index (χ3v) is 9.43. The van der Waals surface area contributed by atoms with E-state index in [0.717, 1.165) is 93.4 Å². The summed E-state index contributed by atoms with van der Waals surface area (Å²) in [5.41, 5.74) is 1.74. The fourth-order valence-electron chi connectivity index (χ4n) is 6.75. The SMILES string of the molecule is CN[C@H](CC(C)C)C(=O)N1CCC(Nc2nc(NCc3cn(CCCNCCCNC4CCCCC4)nn3)nc3ccccc23)CC1. The first-order valence-electron chi connectivity index (χ1n) is 18.0. The second-order valence-corrected chi connectivity index (χ2v) is 13.7. The number of carbonyl (C=O) groups excluding carboxylic acids is 1. The maximum atomic E-state index is 13.1. The number of aromatic nitrogens is 5. The van der Waals surface area contributed by atoms with Gasteiger partial charge in [0.2, 0.25) is 11.9 Å². The topological polar surface area (TPSA) is 137 Å². The van der Waals surface area contributed by atoms with Crippen LogP contribution in [-0.2, 0) is 17.9 Å². The van der Waals surface area contributed by atoms with E-state index < -0.39 is 0 Å². The Morgan fingerprint density at radius 1 is 0.957 bits per heavy atom. The van der Waals surface area contributed by atoms with E-state index >= 15 is 0 Å². The number of para-hydroxylation sites is 1. The lowest BCUT2D eigenvalue weighted by Crippen LogP contribution is -2.50. The smallest absolute Gasteiger partial charge is 0.239 e. The average molecular weight is 648 g/mol. The summed E-state index contributed by atoms with van der Waals surface area (Å²) < 4.78 is 1.91. The maximum Gasteiger partial charge on any atom is 0.239 e. The summed E-state index contributed by atoms with van der Waals surface area (Å²) in [7, 11) is 1.88. The molecular weight excluding hydrogens is 590 g/mol. The number of likely N-dealkylation sites (tertiary alicyclic amines) is 1. The van der Waals surface area contributed by atoms with Gasteiger partial charge in [0.25, 0.3) is 0 Å². The number of benzene rings is 1. The molecule has 12 nitrogen and oxygen atoms in total. The van der Waals surface area contributed by atoms with Crippen LogP contribution in [-0.4, -0.2) is 93.7 Å². The molecule has 1 aliphatic heterocycles. The molecule has 1 aromatic carbocycles. The third-order valence-electron chi connectivity index (χ3n) is 9.43. The zero-order chi connectivity index (χ0) is 32.8. The van der Waals surface area contributed by atoms with Gasteiger partial charge in [-0.3, -0.25) is 9.48 Å². The summed E-state index contributed by atoms with van der Waals surface area (Å²) in [6.45, 7) is 10.2. The van der Waals surface area contributed by atoms with Crippen LogP contribution in [0.15, 0.2) is 30.5 Å². The molecule has 5 rings (SSSR count). The minimum atomic E-state index is -0.120. The van der Waals surface area contributed by atoms with Crippen molar-refractivity contribution in [2.45, 2.75) is 109 Å². The molecule has 1 atom stereocenters. The third kappa shape index (κ3) is 10.8. The van der Waals surface area contributed by atoms with Crippen molar-refractivity contribution < 1.29 is 4.79 Å². The molecular formula is C35H57N11O. The van der Waals surface area contributed by atoms with Crippen LogP contribution in [0.2, 0.25) is 0 Å². The van der Waals surface area contributed by atoms with Gasteiger partial charge in [-0.15, -0.1) is 5.10 Å². The van der Waals surface area contributed by atoms with Crippen molar-refractivity contribution >= 4 is 28.6 Å². The van der Waals surface area contributed by atoms with E-state index in [1.54, 1.807) is 0 Å². The second-order valence-electron chi connectivity index (χ2n) is 13.7. The number of carbonyl (C=O) groups is 1. The molecule has 2 aromatic heterocycles.